The largest absolute Gasteiger partial charge is 0.382 e. The monoisotopic (exact) mass is 284 g/mol. The number of piperazine rings is 1. The van der Waals surface area contributed by atoms with Crippen LogP contribution in [-0.2, 0) is 9.47 Å². The lowest BCUT2D eigenvalue weighted by Crippen LogP contribution is -2.64. The molecule has 0 radical (unpaired) electrons. The second kappa shape index (κ2) is 7.74. The zero-order valence-corrected chi connectivity index (χ0v) is 13.5. The van der Waals surface area contributed by atoms with Gasteiger partial charge in [0, 0.05) is 38.3 Å². The Labute approximate surface area is 124 Å². The SMILES string of the molecule is COCCOCCN1CC2(CCCC2)NCC1C(C)C. The summed E-state index contributed by atoms with van der Waals surface area (Å²) >= 11 is 0. The first kappa shape index (κ1) is 16.2. The maximum atomic E-state index is 5.67. The first-order valence-corrected chi connectivity index (χ1v) is 8.23. The van der Waals surface area contributed by atoms with E-state index in [9.17, 15) is 0 Å². The highest BCUT2D eigenvalue weighted by Crippen LogP contribution is 2.34. The van der Waals surface area contributed by atoms with Gasteiger partial charge >= 0.3 is 0 Å². The fourth-order valence-corrected chi connectivity index (χ4v) is 3.73. The minimum Gasteiger partial charge on any atom is -0.382 e. The van der Waals surface area contributed by atoms with E-state index in [0.29, 0.717) is 30.7 Å². The lowest BCUT2D eigenvalue weighted by atomic mass is 9.89. The summed E-state index contributed by atoms with van der Waals surface area (Å²) in [6.45, 7) is 10.3. The molecule has 1 spiro atoms. The molecule has 0 bridgehead atoms. The molecule has 20 heavy (non-hydrogen) atoms. The standard InChI is InChI=1S/C16H32N2O2/c1-14(2)15-12-17-16(6-4-5-7-16)13-18(15)8-9-20-11-10-19-3/h14-15,17H,4-13H2,1-3H3. The predicted octanol–water partition coefficient (Wildman–Crippen LogP) is 1.89. The summed E-state index contributed by atoms with van der Waals surface area (Å²) < 4.78 is 10.7. The first-order chi connectivity index (χ1) is 9.67. The van der Waals surface area contributed by atoms with Gasteiger partial charge in [-0.15, -0.1) is 0 Å². The number of hydrogen-bond donors (Lipinski definition) is 1. The van der Waals surface area contributed by atoms with Crippen LogP contribution in [0.25, 0.3) is 0 Å². The van der Waals surface area contributed by atoms with Crippen LogP contribution >= 0.6 is 0 Å². The average molecular weight is 284 g/mol. The van der Waals surface area contributed by atoms with E-state index >= 15 is 0 Å². The molecule has 0 aromatic rings. The summed E-state index contributed by atoms with van der Waals surface area (Å²) in [5.74, 6) is 0.695. The molecule has 118 valence electrons. The van der Waals surface area contributed by atoms with E-state index in [0.717, 1.165) is 19.7 Å². The molecular weight excluding hydrogens is 252 g/mol. The van der Waals surface area contributed by atoms with Gasteiger partial charge in [-0.2, -0.15) is 0 Å². The lowest BCUT2D eigenvalue weighted by Gasteiger charge is -2.48. The third-order valence-electron chi connectivity index (χ3n) is 4.95. The fraction of sp³-hybridized carbons (Fsp3) is 1.00. The lowest BCUT2D eigenvalue weighted by molar-refractivity contribution is 0.0146. The molecule has 1 atom stereocenters. The van der Waals surface area contributed by atoms with Crippen molar-refractivity contribution in [1.82, 2.24) is 10.2 Å². The van der Waals surface area contributed by atoms with Gasteiger partial charge < -0.3 is 14.8 Å². The van der Waals surface area contributed by atoms with E-state index in [1.165, 1.54) is 32.2 Å². The minimum absolute atomic E-state index is 0.401. The molecule has 1 unspecified atom stereocenters. The van der Waals surface area contributed by atoms with Gasteiger partial charge in [0.25, 0.3) is 0 Å². The third-order valence-corrected chi connectivity index (χ3v) is 4.95. The average Bonchev–Trinajstić information content (AvgIpc) is 2.86. The van der Waals surface area contributed by atoms with E-state index in [4.69, 9.17) is 9.47 Å². The Morgan fingerprint density at radius 3 is 2.60 bits per heavy atom. The zero-order chi connectivity index (χ0) is 14.4. The molecule has 0 aromatic carbocycles. The van der Waals surface area contributed by atoms with E-state index in [2.05, 4.69) is 24.1 Å². The number of nitrogens with zero attached hydrogens (tertiary/aromatic N) is 1. The van der Waals surface area contributed by atoms with Crippen LogP contribution in [0.4, 0.5) is 0 Å². The minimum atomic E-state index is 0.401. The van der Waals surface area contributed by atoms with Gasteiger partial charge in [-0.05, 0) is 18.8 Å². The molecule has 1 N–H and O–H groups in total. The highest BCUT2D eigenvalue weighted by molar-refractivity contribution is 5.01. The van der Waals surface area contributed by atoms with Crippen LogP contribution in [0.1, 0.15) is 39.5 Å². The van der Waals surface area contributed by atoms with Gasteiger partial charge in [0.05, 0.1) is 19.8 Å². The molecule has 2 aliphatic rings. The van der Waals surface area contributed by atoms with Crippen LogP contribution in [-0.4, -0.2) is 63.0 Å². The van der Waals surface area contributed by atoms with Crippen LogP contribution in [0, 0.1) is 5.92 Å². The van der Waals surface area contributed by atoms with Crippen LogP contribution in [0.15, 0.2) is 0 Å². The van der Waals surface area contributed by atoms with Crippen molar-refractivity contribution in [3.8, 4) is 0 Å². The molecule has 2 rings (SSSR count). The summed E-state index contributed by atoms with van der Waals surface area (Å²) in [7, 11) is 1.72. The fourth-order valence-electron chi connectivity index (χ4n) is 3.73. The second-order valence-corrected chi connectivity index (χ2v) is 6.76. The third kappa shape index (κ3) is 4.17. The highest BCUT2D eigenvalue weighted by Gasteiger charge is 2.41. The van der Waals surface area contributed by atoms with Gasteiger partial charge in [-0.1, -0.05) is 26.7 Å². The van der Waals surface area contributed by atoms with Crippen molar-refractivity contribution >= 4 is 0 Å². The van der Waals surface area contributed by atoms with Crippen molar-refractivity contribution in [2.45, 2.75) is 51.1 Å². The molecule has 4 nitrogen and oxygen atoms in total. The van der Waals surface area contributed by atoms with Crippen molar-refractivity contribution in [3.05, 3.63) is 0 Å². The van der Waals surface area contributed by atoms with E-state index in [-0.39, 0.29) is 0 Å². The van der Waals surface area contributed by atoms with Gasteiger partial charge in [0.1, 0.15) is 0 Å². The molecule has 1 aliphatic carbocycles. The summed E-state index contributed by atoms with van der Waals surface area (Å²) in [6, 6.07) is 0.646. The van der Waals surface area contributed by atoms with Crippen molar-refractivity contribution in [1.29, 1.82) is 0 Å². The second-order valence-electron chi connectivity index (χ2n) is 6.76. The zero-order valence-electron chi connectivity index (χ0n) is 13.5. The summed E-state index contributed by atoms with van der Waals surface area (Å²) in [5.41, 5.74) is 0.401. The molecule has 1 saturated carbocycles. The van der Waals surface area contributed by atoms with Crippen LogP contribution in [0.2, 0.25) is 0 Å². The normalized spacial score (nSPS) is 26.7. The highest BCUT2D eigenvalue weighted by atomic mass is 16.5. The van der Waals surface area contributed by atoms with Crippen LogP contribution in [0.5, 0.6) is 0 Å². The summed E-state index contributed by atoms with van der Waals surface area (Å²) in [5, 5.41) is 3.86. The number of ether oxygens (including phenoxy) is 2. The quantitative estimate of drug-likeness (QED) is 0.724. The van der Waals surface area contributed by atoms with E-state index in [1.807, 2.05) is 0 Å². The van der Waals surface area contributed by atoms with Gasteiger partial charge in [0.2, 0.25) is 0 Å². The maximum Gasteiger partial charge on any atom is 0.0700 e. The van der Waals surface area contributed by atoms with Crippen LogP contribution < -0.4 is 5.32 Å². The van der Waals surface area contributed by atoms with Crippen molar-refractivity contribution in [3.63, 3.8) is 0 Å². The van der Waals surface area contributed by atoms with Crippen molar-refractivity contribution in [2.75, 3.05) is 46.6 Å². The van der Waals surface area contributed by atoms with Crippen molar-refractivity contribution in [2.24, 2.45) is 5.92 Å². The molecule has 1 heterocycles. The predicted molar refractivity (Wildman–Crippen MR) is 82.1 cm³/mol. The Kier molecular flexibility index (Phi) is 6.27. The summed E-state index contributed by atoms with van der Waals surface area (Å²) in [6.07, 6.45) is 5.47. The summed E-state index contributed by atoms with van der Waals surface area (Å²) in [4.78, 5) is 2.67. The Morgan fingerprint density at radius 1 is 1.20 bits per heavy atom. The Hall–Kier alpha value is -0.160. The Balaban J connectivity index is 1.83. The Morgan fingerprint density at radius 2 is 1.95 bits per heavy atom. The van der Waals surface area contributed by atoms with Gasteiger partial charge in [0.15, 0.2) is 0 Å². The topological polar surface area (TPSA) is 33.7 Å². The first-order valence-electron chi connectivity index (χ1n) is 8.23. The number of nitrogens with one attached hydrogen (secondary N) is 1. The molecule has 4 heteroatoms. The molecular formula is C16H32N2O2. The number of rotatable bonds is 7. The Bertz CT molecular complexity index is 278. The molecule has 0 amide bonds. The molecule has 1 aliphatic heterocycles. The number of hydrogen-bond acceptors (Lipinski definition) is 4. The van der Waals surface area contributed by atoms with E-state index < -0.39 is 0 Å². The molecule has 2 fully saturated rings. The number of methoxy groups -OCH3 is 1. The molecule has 1 saturated heterocycles. The van der Waals surface area contributed by atoms with Gasteiger partial charge in [-0.25, -0.2) is 0 Å². The van der Waals surface area contributed by atoms with Crippen molar-refractivity contribution < 1.29 is 9.47 Å². The maximum absolute atomic E-state index is 5.67. The van der Waals surface area contributed by atoms with Crippen LogP contribution in [0.3, 0.4) is 0 Å². The molecule has 0 aromatic heterocycles. The smallest absolute Gasteiger partial charge is 0.0700 e. The van der Waals surface area contributed by atoms with E-state index in [1.54, 1.807) is 7.11 Å². The van der Waals surface area contributed by atoms with Gasteiger partial charge in [-0.3, -0.25) is 4.90 Å².